The molecular formula is C17H23NO4. The van der Waals surface area contributed by atoms with E-state index in [1.807, 2.05) is 19.1 Å². The monoisotopic (exact) mass is 305 g/mol. The second-order valence-electron chi connectivity index (χ2n) is 5.30. The zero-order chi connectivity index (χ0) is 15.9. The van der Waals surface area contributed by atoms with Gasteiger partial charge in [0.1, 0.15) is 0 Å². The fourth-order valence-electron chi connectivity index (χ4n) is 2.84. The van der Waals surface area contributed by atoms with Crippen molar-refractivity contribution >= 4 is 11.9 Å². The Hall–Kier alpha value is -1.88. The summed E-state index contributed by atoms with van der Waals surface area (Å²) in [7, 11) is 0. The van der Waals surface area contributed by atoms with E-state index in [0.29, 0.717) is 25.3 Å². The summed E-state index contributed by atoms with van der Waals surface area (Å²) in [5, 5.41) is 3.25. The first-order valence-corrected chi connectivity index (χ1v) is 7.81. The Balaban J connectivity index is 2.14. The number of piperidine rings is 1. The minimum Gasteiger partial charge on any atom is -0.466 e. The van der Waals surface area contributed by atoms with Crippen LogP contribution in [0.25, 0.3) is 0 Å². The molecule has 0 bridgehead atoms. The maximum absolute atomic E-state index is 12.1. The quantitative estimate of drug-likeness (QED) is 0.844. The third-order valence-corrected chi connectivity index (χ3v) is 3.92. The molecule has 0 saturated carbocycles. The van der Waals surface area contributed by atoms with E-state index in [2.05, 4.69) is 5.32 Å². The Morgan fingerprint density at radius 3 is 2.45 bits per heavy atom. The van der Waals surface area contributed by atoms with E-state index in [1.54, 1.807) is 19.1 Å². The molecular weight excluding hydrogens is 282 g/mol. The van der Waals surface area contributed by atoms with E-state index in [4.69, 9.17) is 9.47 Å². The van der Waals surface area contributed by atoms with Gasteiger partial charge in [-0.05, 0) is 50.4 Å². The predicted molar refractivity (Wildman–Crippen MR) is 82.7 cm³/mol. The molecule has 1 aliphatic rings. The van der Waals surface area contributed by atoms with Crippen LogP contribution in [-0.4, -0.2) is 38.2 Å². The van der Waals surface area contributed by atoms with Gasteiger partial charge in [0.05, 0.1) is 24.7 Å². The maximum Gasteiger partial charge on any atom is 0.338 e. The number of nitrogens with one attached hydrogen (secondary N) is 1. The first-order chi connectivity index (χ1) is 10.7. The largest absolute Gasteiger partial charge is 0.466 e. The standard InChI is InChI=1S/C17H23NO4/c1-3-21-16(19)13-7-5-12(6-8-13)14-9-10-18-11-15(14)17(20)22-4-2/h5-8,14-15,18H,3-4,9-11H2,1-2H3/t14-,15-/m1/s1. The third kappa shape index (κ3) is 3.85. The smallest absolute Gasteiger partial charge is 0.338 e. The lowest BCUT2D eigenvalue weighted by Gasteiger charge is -2.30. The molecule has 120 valence electrons. The van der Waals surface area contributed by atoms with Crippen LogP contribution in [-0.2, 0) is 14.3 Å². The number of hydrogen-bond acceptors (Lipinski definition) is 5. The average Bonchev–Trinajstić information content (AvgIpc) is 2.55. The number of ether oxygens (including phenoxy) is 2. The Morgan fingerprint density at radius 1 is 1.14 bits per heavy atom. The van der Waals surface area contributed by atoms with Crippen molar-refractivity contribution in [3.05, 3.63) is 35.4 Å². The molecule has 5 nitrogen and oxygen atoms in total. The lowest BCUT2D eigenvalue weighted by molar-refractivity contribution is -0.149. The number of esters is 2. The Bertz CT molecular complexity index is 512. The van der Waals surface area contributed by atoms with Gasteiger partial charge < -0.3 is 14.8 Å². The van der Waals surface area contributed by atoms with Crippen molar-refractivity contribution < 1.29 is 19.1 Å². The summed E-state index contributed by atoms with van der Waals surface area (Å²) in [4.78, 5) is 23.8. The summed E-state index contributed by atoms with van der Waals surface area (Å²) in [5.41, 5.74) is 1.60. The van der Waals surface area contributed by atoms with Crippen molar-refractivity contribution in [2.24, 2.45) is 5.92 Å². The predicted octanol–water partition coefficient (Wildman–Crippen LogP) is 2.12. The number of rotatable bonds is 5. The summed E-state index contributed by atoms with van der Waals surface area (Å²) in [6.07, 6.45) is 0.877. The maximum atomic E-state index is 12.1. The molecule has 0 spiro atoms. The van der Waals surface area contributed by atoms with Gasteiger partial charge in [-0.1, -0.05) is 12.1 Å². The lowest BCUT2D eigenvalue weighted by Crippen LogP contribution is -2.40. The van der Waals surface area contributed by atoms with Crippen LogP contribution in [0, 0.1) is 5.92 Å². The fraction of sp³-hybridized carbons (Fsp3) is 0.529. The summed E-state index contributed by atoms with van der Waals surface area (Å²) < 4.78 is 10.2. The normalized spacial score (nSPS) is 21.2. The summed E-state index contributed by atoms with van der Waals surface area (Å²) in [5.74, 6) is -0.533. The first-order valence-electron chi connectivity index (χ1n) is 7.81. The molecule has 0 aromatic heterocycles. The highest BCUT2D eigenvalue weighted by Crippen LogP contribution is 2.31. The summed E-state index contributed by atoms with van der Waals surface area (Å²) in [6, 6.07) is 7.35. The molecule has 22 heavy (non-hydrogen) atoms. The van der Waals surface area contributed by atoms with Crippen molar-refractivity contribution in [2.45, 2.75) is 26.2 Å². The Labute approximate surface area is 131 Å². The van der Waals surface area contributed by atoms with Gasteiger partial charge in [0.15, 0.2) is 0 Å². The Kier molecular flexibility index (Phi) is 5.95. The van der Waals surface area contributed by atoms with Crippen molar-refractivity contribution in [3.8, 4) is 0 Å². The Morgan fingerprint density at radius 2 is 1.82 bits per heavy atom. The molecule has 0 amide bonds. The second kappa shape index (κ2) is 7.94. The van der Waals surface area contributed by atoms with E-state index < -0.39 is 0 Å². The molecule has 5 heteroatoms. The van der Waals surface area contributed by atoms with E-state index in [1.165, 1.54) is 0 Å². The highest BCUT2D eigenvalue weighted by Gasteiger charge is 2.33. The minimum absolute atomic E-state index is 0.122. The SMILES string of the molecule is CCOC(=O)c1ccc([C@H]2CCNC[C@H]2C(=O)OCC)cc1. The van der Waals surface area contributed by atoms with Crippen LogP contribution in [0.5, 0.6) is 0 Å². The van der Waals surface area contributed by atoms with Crippen LogP contribution in [0.3, 0.4) is 0 Å². The van der Waals surface area contributed by atoms with Crippen molar-refractivity contribution in [1.82, 2.24) is 5.32 Å². The number of carbonyl (C=O) groups excluding carboxylic acids is 2. The summed E-state index contributed by atoms with van der Waals surface area (Å²) in [6.45, 7) is 5.86. The molecule has 2 rings (SSSR count). The zero-order valence-electron chi connectivity index (χ0n) is 13.1. The lowest BCUT2D eigenvalue weighted by atomic mass is 9.81. The first kappa shape index (κ1) is 16.5. The van der Waals surface area contributed by atoms with E-state index in [9.17, 15) is 9.59 Å². The van der Waals surface area contributed by atoms with Gasteiger partial charge in [0.2, 0.25) is 0 Å². The van der Waals surface area contributed by atoms with Crippen LogP contribution in [0.15, 0.2) is 24.3 Å². The second-order valence-corrected chi connectivity index (χ2v) is 5.30. The van der Waals surface area contributed by atoms with Gasteiger partial charge in [-0.25, -0.2) is 4.79 Å². The molecule has 1 heterocycles. The van der Waals surface area contributed by atoms with Gasteiger partial charge in [-0.2, -0.15) is 0 Å². The van der Waals surface area contributed by atoms with Crippen LogP contribution in [0.2, 0.25) is 0 Å². The van der Waals surface area contributed by atoms with Crippen LogP contribution in [0.1, 0.15) is 42.1 Å². The number of hydrogen-bond donors (Lipinski definition) is 1. The van der Waals surface area contributed by atoms with Crippen LogP contribution >= 0.6 is 0 Å². The van der Waals surface area contributed by atoms with E-state index >= 15 is 0 Å². The molecule has 0 aliphatic carbocycles. The van der Waals surface area contributed by atoms with Gasteiger partial charge in [0.25, 0.3) is 0 Å². The van der Waals surface area contributed by atoms with Crippen molar-refractivity contribution in [1.29, 1.82) is 0 Å². The van der Waals surface area contributed by atoms with Gasteiger partial charge >= 0.3 is 11.9 Å². The van der Waals surface area contributed by atoms with Crippen molar-refractivity contribution in [3.63, 3.8) is 0 Å². The van der Waals surface area contributed by atoms with Crippen molar-refractivity contribution in [2.75, 3.05) is 26.3 Å². The number of carbonyl (C=O) groups is 2. The average molecular weight is 305 g/mol. The molecule has 1 fully saturated rings. The molecule has 1 saturated heterocycles. The van der Waals surface area contributed by atoms with Gasteiger partial charge in [0, 0.05) is 6.54 Å². The fourth-order valence-corrected chi connectivity index (χ4v) is 2.84. The molecule has 1 aromatic rings. The van der Waals surface area contributed by atoms with Crippen LogP contribution < -0.4 is 5.32 Å². The molecule has 0 unspecified atom stereocenters. The highest BCUT2D eigenvalue weighted by atomic mass is 16.5. The molecule has 0 radical (unpaired) electrons. The van der Waals surface area contributed by atoms with E-state index in [-0.39, 0.29) is 23.8 Å². The zero-order valence-corrected chi connectivity index (χ0v) is 13.1. The topological polar surface area (TPSA) is 64.6 Å². The highest BCUT2D eigenvalue weighted by molar-refractivity contribution is 5.89. The van der Waals surface area contributed by atoms with Gasteiger partial charge in [-0.15, -0.1) is 0 Å². The molecule has 2 atom stereocenters. The van der Waals surface area contributed by atoms with Crippen LogP contribution in [0.4, 0.5) is 0 Å². The molecule has 1 aliphatic heterocycles. The van der Waals surface area contributed by atoms with E-state index in [0.717, 1.165) is 18.5 Å². The number of benzene rings is 1. The minimum atomic E-state index is -0.318. The third-order valence-electron chi connectivity index (χ3n) is 3.92. The van der Waals surface area contributed by atoms with Gasteiger partial charge in [-0.3, -0.25) is 4.79 Å². The molecule has 1 N–H and O–H groups in total. The summed E-state index contributed by atoms with van der Waals surface area (Å²) >= 11 is 0. The molecule has 1 aromatic carbocycles.